The van der Waals surface area contributed by atoms with Crippen LogP contribution >= 0.6 is 0 Å². The van der Waals surface area contributed by atoms with Gasteiger partial charge in [-0.05, 0) is 30.2 Å². The quantitative estimate of drug-likeness (QED) is 0.795. The Morgan fingerprint density at radius 2 is 1.89 bits per heavy atom. The van der Waals surface area contributed by atoms with Gasteiger partial charge < -0.3 is 5.73 Å². The van der Waals surface area contributed by atoms with Gasteiger partial charge in [-0.3, -0.25) is 4.90 Å². The highest BCUT2D eigenvalue weighted by atomic mass is 15.1. The Morgan fingerprint density at radius 1 is 1.21 bits per heavy atom. The summed E-state index contributed by atoms with van der Waals surface area (Å²) >= 11 is 0. The normalized spacial score (nSPS) is 12.1. The van der Waals surface area contributed by atoms with Gasteiger partial charge in [0.25, 0.3) is 0 Å². The molecule has 0 aliphatic heterocycles. The van der Waals surface area contributed by atoms with E-state index in [-0.39, 0.29) is 0 Å². The second kappa shape index (κ2) is 8.74. The van der Waals surface area contributed by atoms with Gasteiger partial charge in [-0.2, -0.15) is 0 Å². The molecule has 1 aromatic rings. The fourth-order valence-corrected chi connectivity index (χ4v) is 1.98. The van der Waals surface area contributed by atoms with E-state index in [1.807, 2.05) is 0 Å². The second-order valence-corrected chi connectivity index (χ2v) is 5.04. The predicted octanol–water partition coefficient (Wildman–Crippen LogP) is 2.86. The molecule has 1 rings (SSSR count). The van der Waals surface area contributed by atoms with E-state index in [0.29, 0.717) is 6.54 Å². The maximum absolute atomic E-state index is 5.37. The van der Waals surface area contributed by atoms with Gasteiger partial charge in [-0.1, -0.05) is 51.2 Å². The van der Waals surface area contributed by atoms with E-state index in [9.17, 15) is 0 Å². The summed E-state index contributed by atoms with van der Waals surface area (Å²) in [7, 11) is 0. The molecule has 0 bridgehead atoms. The first-order chi connectivity index (χ1) is 9.19. The second-order valence-electron chi connectivity index (χ2n) is 5.04. The average Bonchev–Trinajstić information content (AvgIpc) is 2.45. The molecule has 2 heteroatoms. The smallest absolute Gasteiger partial charge is 0.0555 e. The first-order valence-corrected chi connectivity index (χ1v) is 7.19. The van der Waals surface area contributed by atoms with E-state index in [1.54, 1.807) is 0 Å². The molecule has 0 aromatic heterocycles. The van der Waals surface area contributed by atoms with Crippen LogP contribution in [0.3, 0.4) is 0 Å². The molecule has 0 spiro atoms. The van der Waals surface area contributed by atoms with E-state index in [0.717, 1.165) is 24.6 Å². The summed E-state index contributed by atoms with van der Waals surface area (Å²) in [6, 6.07) is 8.49. The minimum atomic E-state index is 0.417. The zero-order chi connectivity index (χ0) is 14.1. The van der Waals surface area contributed by atoms with Crippen molar-refractivity contribution in [2.24, 2.45) is 11.7 Å². The monoisotopic (exact) mass is 258 g/mol. The van der Waals surface area contributed by atoms with E-state index in [1.165, 1.54) is 18.5 Å². The molecule has 0 saturated heterocycles. The summed E-state index contributed by atoms with van der Waals surface area (Å²) in [5.74, 6) is 6.69. The highest BCUT2D eigenvalue weighted by Gasteiger charge is 2.07. The Balaban J connectivity index is 2.60. The highest BCUT2D eigenvalue weighted by Crippen LogP contribution is 2.10. The van der Waals surface area contributed by atoms with E-state index < -0.39 is 0 Å². The van der Waals surface area contributed by atoms with Crippen LogP contribution < -0.4 is 5.73 Å². The molecular formula is C17H26N2. The summed E-state index contributed by atoms with van der Waals surface area (Å²) < 4.78 is 0. The van der Waals surface area contributed by atoms with Gasteiger partial charge in [-0.25, -0.2) is 0 Å². The maximum atomic E-state index is 5.37. The van der Waals surface area contributed by atoms with Crippen molar-refractivity contribution in [3.8, 4) is 11.8 Å². The molecule has 0 aliphatic carbocycles. The van der Waals surface area contributed by atoms with Gasteiger partial charge in [-0.15, -0.1) is 0 Å². The van der Waals surface area contributed by atoms with Gasteiger partial charge in [0.1, 0.15) is 0 Å². The molecule has 19 heavy (non-hydrogen) atoms. The first-order valence-electron chi connectivity index (χ1n) is 7.19. The third kappa shape index (κ3) is 5.92. The molecule has 2 nitrogen and oxygen atoms in total. The lowest BCUT2D eigenvalue weighted by atomic mass is 10.1. The highest BCUT2D eigenvalue weighted by molar-refractivity contribution is 5.36. The Morgan fingerprint density at radius 3 is 2.42 bits per heavy atom. The third-order valence-corrected chi connectivity index (χ3v) is 3.41. The topological polar surface area (TPSA) is 29.3 Å². The van der Waals surface area contributed by atoms with Gasteiger partial charge in [0.2, 0.25) is 0 Å². The average molecular weight is 258 g/mol. The van der Waals surface area contributed by atoms with Gasteiger partial charge in [0.15, 0.2) is 0 Å². The summed E-state index contributed by atoms with van der Waals surface area (Å²) in [4.78, 5) is 2.49. The summed E-state index contributed by atoms with van der Waals surface area (Å²) in [5.41, 5.74) is 7.76. The van der Waals surface area contributed by atoms with Crippen molar-refractivity contribution in [2.45, 2.75) is 33.7 Å². The molecule has 0 fully saturated rings. The van der Waals surface area contributed by atoms with Crippen LogP contribution in [-0.2, 0) is 6.54 Å². The zero-order valence-electron chi connectivity index (χ0n) is 12.4. The SMILES string of the molecule is CCC(C)CN(CC)Cc1ccc(C#CCN)cc1. The Kier molecular flexibility index (Phi) is 7.25. The molecule has 104 valence electrons. The molecule has 2 N–H and O–H groups in total. The van der Waals surface area contributed by atoms with E-state index in [4.69, 9.17) is 5.73 Å². The zero-order valence-corrected chi connectivity index (χ0v) is 12.4. The summed E-state index contributed by atoms with van der Waals surface area (Å²) in [6.45, 7) is 10.5. The molecule has 0 radical (unpaired) electrons. The van der Waals surface area contributed by atoms with Crippen LogP contribution in [0.1, 0.15) is 38.3 Å². The van der Waals surface area contributed by atoms with Crippen molar-refractivity contribution in [1.29, 1.82) is 0 Å². The molecule has 1 aromatic carbocycles. The van der Waals surface area contributed by atoms with Crippen LogP contribution in [0.2, 0.25) is 0 Å². The lowest BCUT2D eigenvalue weighted by Crippen LogP contribution is -2.27. The predicted molar refractivity (Wildman–Crippen MR) is 82.8 cm³/mol. The molecule has 1 atom stereocenters. The standard InChI is InChI=1S/C17H26N2/c1-4-15(3)13-19(5-2)14-17-10-8-16(9-11-17)7-6-12-18/h8-11,15H,4-5,12-14,18H2,1-3H3. The molecule has 0 saturated carbocycles. The fraction of sp³-hybridized carbons (Fsp3) is 0.529. The van der Waals surface area contributed by atoms with Gasteiger partial charge in [0.05, 0.1) is 6.54 Å². The third-order valence-electron chi connectivity index (χ3n) is 3.41. The molecule has 0 aliphatic rings. The fourth-order valence-electron chi connectivity index (χ4n) is 1.98. The summed E-state index contributed by atoms with van der Waals surface area (Å²) in [5, 5.41) is 0. The van der Waals surface area contributed by atoms with Crippen LogP contribution in [0.15, 0.2) is 24.3 Å². The first kappa shape index (κ1) is 15.8. The van der Waals surface area contributed by atoms with Crippen LogP contribution in [0.25, 0.3) is 0 Å². The number of benzene rings is 1. The lowest BCUT2D eigenvalue weighted by molar-refractivity contribution is 0.238. The molecular weight excluding hydrogens is 232 g/mol. The van der Waals surface area contributed by atoms with Crippen molar-refractivity contribution < 1.29 is 0 Å². The van der Waals surface area contributed by atoms with Crippen molar-refractivity contribution >= 4 is 0 Å². The maximum Gasteiger partial charge on any atom is 0.0555 e. The van der Waals surface area contributed by atoms with Crippen molar-refractivity contribution in [2.75, 3.05) is 19.6 Å². The minimum Gasteiger partial charge on any atom is -0.320 e. The molecule has 0 heterocycles. The van der Waals surface area contributed by atoms with Crippen molar-refractivity contribution in [3.05, 3.63) is 35.4 Å². The Bertz CT molecular complexity index is 411. The summed E-state index contributed by atoms with van der Waals surface area (Å²) in [6.07, 6.45) is 1.24. The number of nitrogens with zero attached hydrogens (tertiary/aromatic N) is 1. The van der Waals surface area contributed by atoms with E-state index in [2.05, 4.69) is 61.8 Å². The number of rotatable bonds is 6. The number of nitrogens with two attached hydrogens (primary N) is 1. The largest absolute Gasteiger partial charge is 0.320 e. The molecule has 0 amide bonds. The molecule has 1 unspecified atom stereocenters. The van der Waals surface area contributed by atoms with E-state index >= 15 is 0 Å². The minimum absolute atomic E-state index is 0.417. The van der Waals surface area contributed by atoms with Crippen LogP contribution in [0.4, 0.5) is 0 Å². The Labute approximate surface area is 118 Å². The van der Waals surface area contributed by atoms with Crippen LogP contribution in [0, 0.1) is 17.8 Å². The number of hydrogen-bond donors (Lipinski definition) is 1. The number of hydrogen-bond acceptors (Lipinski definition) is 2. The Hall–Kier alpha value is -1.30. The van der Waals surface area contributed by atoms with Crippen LogP contribution in [0.5, 0.6) is 0 Å². The van der Waals surface area contributed by atoms with Gasteiger partial charge >= 0.3 is 0 Å². The van der Waals surface area contributed by atoms with Gasteiger partial charge in [0, 0.05) is 18.7 Å². The lowest BCUT2D eigenvalue weighted by Gasteiger charge is -2.23. The van der Waals surface area contributed by atoms with Crippen molar-refractivity contribution in [3.63, 3.8) is 0 Å². The van der Waals surface area contributed by atoms with Crippen LogP contribution in [-0.4, -0.2) is 24.5 Å². The van der Waals surface area contributed by atoms with Crippen molar-refractivity contribution in [1.82, 2.24) is 4.90 Å².